The standard InChI is InChI=1S/C12H16N2O5/c15-5-8(16)9(17)10(18)11(19)12-13-6-3-1-2-4-7(6)14-12/h1-4,8-11,15-19H,5H2,(H,13,14)/t8-,9-,10-,11+/m0/s1. The largest absolute Gasteiger partial charge is 0.394 e. The predicted molar refractivity (Wildman–Crippen MR) is 66.2 cm³/mol. The number of nitrogens with zero attached hydrogens (tertiary/aromatic N) is 1. The molecule has 0 unspecified atom stereocenters. The topological polar surface area (TPSA) is 130 Å². The summed E-state index contributed by atoms with van der Waals surface area (Å²) in [7, 11) is 0. The van der Waals surface area contributed by atoms with Gasteiger partial charge in [-0.05, 0) is 12.1 Å². The van der Waals surface area contributed by atoms with Gasteiger partial charge >= 0.3 is 0 Å². The second kappa shape index (κ2) is 5.64. The molecule has 4 atom stereocenters. The van der Waals surface area contributed by atoms with Crippen LogP contribution in [0.1, 0.15) is 11.9 Å². The van der Waals surface area contributed by atoms with Gasteiger partial charge in [-0.2, -0.15) is 0 Å². The summed E-state index contributed by atoms with van der Waals surface area (Å²) in [5, 5.41) is 47.1. The number of aromatic nitrogens is 2. The number of benzene rings is 1. The van der Waals surface area contributed by atoms with Crippen molar-refractivity contribution in [3.05, 3.63) is 30.1 Å². The number of para-hydroxylation sites is 2. The number of nitrogens with one attached hydrogen (secondary N) is 1. The lowest BCUT2D eigenvalue weighted by Crippen LogP contribution is -2.42. The molecule has 2 aromatic rings. The number of imidazole rings is 1. The predicted octanol–water partition coefficient (Wildman–Crippen LogP) is -1.33. The molecule has 6 N–H and O–H groups in total. The van der Waals surface area contributed by atoms with E-state index in [1.54, 1.807) is 24.3 Å². The van der Waals surface area contributed by atoms with Gasteiger partial charge < -0.3 is 30.5 Å². The summed E-state index contributed by atoms with van der Waals surface area (Å²) in [5.41, 5.74) is 1.29. The summed E-state index contributed by atoms with van der Waals surface area (Å²) in [5.74, 6) is 0.0814. The van der Waals surface area contributed by atoms with Crippen molar-refractivity contribution in [1.82, 2.24) is 9.97 Å². The Labute approximate surface area is 108 Å². The maximum absolute atomic E-state index is 9.91. The Morgan fingerprint density at radius 3 is 2.37 bits per heavy atom. The minimum Gasteiger partial charge on any atom is -0.394 e. The van der Waals surface area contributed by atoms with Gasteiger partial charge in [-0.1, -0.05) is 12.1 Å². The van der Waals surface area contributed by atoms with Gasteiger partial charge in [-0.25, -0.2) is 4.98 Å². The fraction of sp³-hybridized carbons (Fsp3) is 0.417. The van der Waals surface area contributed by atoms with Crippen LogP contribution in [0.3, 0.4) is 0 Å². The van der Waals surface area contributed by atoms with Gasteiger partial charge in [-0.15, -0.1) is 0 Å². The number of aliphatic hydroxyl groups excluding tert-OH is 5. The van der Waals surface area contributed by atoms with Gasteiger partial charge in [0, 0.05) is 0 Å². The fourth-order valence-electron chi connectivity index (χ4n) is 1.80. The molecule has 1 heterocycles. The maximum atomic E-state index is 9.91. The van der Waals surface area contributed by atoms with Gasteiger partial charge in [0.25, 0.3) is 0 Å². The minimum absolute atomic E-state index is 0.0814. The Kier molecular flexibility index (Phi) is 4.13. The van der Waals surface area contributed by atoms with Crippen molar-refractivity contribution in [3.8, 4) is 0 Å². The smallest absolute Gasteiger partial charge is 0.140 e. The molecule has 0 aliphatic carbocycles. The van der Waals surface area contributed by atoms with Crippen molar-refractivity contribution in [2.75, 3.05) is 6.61 Å². The van der Waals surface area contributed by atoms with E-state index >= 15 is 0 Å². The maximum Gasteiger partial charge on any atom is 0.140 e. The molecule has 2 rings (SSSR count). The second-order valence-corrected chi connectivity index (χ2v) is 4.32. The molecule has 104 valence electrons. The molecule has 19 heavy (non-hydrogen) atoms. The fourth-order valence-corrected chi connectivity index (χ4v) is 1.80. The van der Waals surface area contributed by atoms with Gasteiger partial charge in [-0.3, -0.25) is 0 Å². The number of hydrogen-bond acceptors (Lipinski definition) is 6. The zero-order valence-corrected chi connectivity index (χ0v) is 10.0. The number of rotatable bonds is 5. The molecule has 0 aliphatic heterocycles. The minimum atomic E-state index is -1.67. The summed E-state index contributed by atoms with van der Waals surface area (Å²) in [6.45, 7) is -0.717. The number of hydrogen-bond donors (Lipinski definition) is 6. The first-order valence-electron chi connectivity index (χ1n) is 5.82. The zero-order chi connectivity index (χ0) is 14.0. The van der Waals surface area contributed by atoms with Gasteiger partial charge in [0.05, 0.1) is 17.6 Å². The quantitative estimate of drug-likeness (QED) is 0.398. The lowest BCUT2D eigenvalue weighted by atomic mass is 10.0. The van der Waals surface area contributed by atoms with E-state index < -0.39 is 31.0 Å². The van der Waals surface area contributed by atoms with Crippen LogP contribution in [0.5, 0.6) is 0 Å². The highest BCUT2D eigenvalue weighted by Crippen LogP contribution is 2.21. The average Bonchev–Trinajstić information content (AvgIpc) is 2.87. The van der Waals surface area contributed by atoms with E-state index in [2.05, 4.69) is 9.97 Å². The highest BCUT2D eigenvalue weighted by molar-refractivity contribution is 5.74. The van der Waals surface area contributed by atoms with Crippen LogP contribution in [0, 0.1) is 0 Å². The van der Waals surface area contributed by atoms with E-state index in [0.717, 1.165) is 0 Å². The summed E-state index contributed by atoms with van der Waals surface area (Å²) in [4.78, 5) is 6.89. The van der Waals surface area contributed by atoms with Crippen molar-refractivity contribution < 1.29 is 25.5 Å². The van der Waals surface area contributed by atoms with Crippen LogP contribution >= 0.6 is 0 Å². The summed E-state index contributed by atoms with van der Waals surface area (Å²) in [6.07, 6.45) is -6.37. The van der Waals surface area contributed by atoms with Crippen LogP contribution in [0.2, 0.25) is 0 Å². The van der Waals surface area contributed by atoms with E-state index in [4.69, 9.17) is 5.11 Å². The van der Waals surface area contributed by atoms with Crippen molar-refractivity contribution in [1.29, 1.82) is 0 Å². The Hall–Kier alpha value is -1.51. The molecule has 0 radical (unpaired) electrons. The summed E-state index contributed by atoms with van der Waals surface area (Å²) < 4.78 is 0. The lowest BCUT2D eigenvalue weighted by molar-refractivity contribution is -0.117. The highest BCUT2D eigenvalue weighted by atomic mass is 16.4. The molecule has 0 saturated carbocycles. The third-order valence-corrected chi connectivity index (χ3v) is 2.94. The Morgan fingerprint density at radius 2 is 1.74 bits per heavy atom. The molecule has 0 spiro atoms. The first-order chi connectivity index (χ1) is 9.04. The molecular weight excluding hydrogens is 252 g/mol. The third-order valence-electron chi connectivity index (χ3n) is 2.94. The molecule has 0 fully saturated rings. The molecule has 0 amide bonds. The van der Waals surface area contributed by atoms with Gasteiger partial charge in [0.2, 0.25) is 0 Å². The van der Waals surface area contributed by atoms with Crippen LogP contribution in [-0.4, -0.2) is 60.4 Å². The van der Waals surface area contributed by atoms with Crippen molar-refractivity contribution >= 4 is 11.0 Å². The number of H-pyrrole nitrogens is 1. The average molecular weight is 268 g/mol. The molecular formula is C12H16N2O5. The van der Waals surface area contributed by atoms with E-state index in [0.29, 0.717) is 11.0 Å². The first-order valence-corrected chi connectivity index (χ1v) is 5.82. The summed E-state index contributed by atoms with van der Waals surface area (Å²) >= 11 is 0. The zero-order valence-electron chi connectivity index (χ0n) is 10.0. The second-order valence-electron chi connectivity index (χ2n) is 4.32. The van der Waals surface area contributed by atoms with E-state index in [-0.39, 0.29) is 5.82 Å². The van der Waals surface area contributed by atoms with Crippen LogP contribution in [0.25, 0.3) is 11.0 Å². The number of fused-ring (bicyclic) bond motifs is 1. The van der Waals surface area contributed by atoms with E-state index in [1.807, 2.05) is 0 Å². The van der Waals surface area contributed by atoms with Crippen LogP contribution < -0.4 is 0 Å². The van der Waals surface area contributed by atoms with Gasteiger partial charge in [0.15, 0.2) is 0 Å². The Morgan fingerprint density at radius 1 is 1.05 bits per heavy atom. The monoisotopic (exact) mass is 268 g/mol. The highest BCUT2D eigenvalue weighted by Gasteiger charge is 2.32. The molecule has 0 bridgehead atoms. The van der Waals surface area contributed by atoms with Crippen LogP contribution in [0.15, 0.2) is 24.3 Å². The molecule has 0 aliphatic rings. The van der Waals surface area contributed by atoms with Crippen molar-refractivity contribution in [2.24, 2.45) is 0 Å². The Bertz CT molecular complexity index is 511. The van der Waals surface area contributed by atoms with Gasteiger partial charge in [0.1, 0.15) is 30.2 Å². The first kappa shape index (κ1) is 13.9. The van der Waals surface area contributed by atoms with Crippen LogP contribution in [0.4, 0.5) is 0 Å². The normalized spacial score (nSPS) is 18.2. The summed E-state index contributed by atoms with van der Waals surface area (Å²) in [6, 6.07) is 7.05. The van der Waals surface area contributed by atoms with E-state index in [1.165, 1.54) is 0 Å². The molecule has 7 heteroatoms. The molecule has 0 saturated heterocycles. The van der Waals surface area contributed by atoms with Crippen molar-refractivity contribution in [2.45, 2.75) is 24.4 Å². The third kappa shape index (κ3) is 2.75. The number of aromatic amines is 1. The van der Waals surface area contributed by atoms with Crippen molar-refractivity contribution in [3.63, 3.8) is 0 Å². The number of aliphatic hydroxyl groups is 5. The Balaban J connectivity index is 2.20. The molecule has 1 aromatic carbocycles. The molecule has 1 aromatic heterocycles. The van der Waals surface area contributed by atoms with Crippen LogP contribution in [-0.2, 0) is 0 Å². The lowest BCUT2D eigenvalue weighted by Gasteiger charge is -2.24. The molecule has 7 nitrogen and oxygen atoms in total. The SMILES string of the molecule is OC[C@H](O)[C@H](O)[C@H](O)[C@@H](O)c1nc2ccccc2[nH]1. The van der Waals surface area contributed by atoms with E-state index in [9.17, 15) is 20.4 Å².